The summed E-state index contributed by atoms with van der Waals surface area (Å²) in [5.41, 5.74) is 1.92. The Morgan fingerprint density at radius 3 is 2.83 bits per heavy atom. The molecule has 3 aromatic heterocycles. The summed E-state index contributed by atoms with van der Waals surface area (Å²) in [6.07, 6.45) is 3.73. The number of nitrogens with one attached hydrogen (secondary N) is 1. The number of pyridine rings is 1. The number of hydrogen-bond acceptors (Lipinski definition) is 7. The topological polar surface area (TPSA) is 102 Å². The number of aryl methyl sites for hydroxylation is 1. The number of hydrogen-bond donors (Lipinski definition) is 1. The average Bonchev–Trinajstić information content (AvgIpc) is 3.58. The molecule has 1 aliphatic rings. The van der Waals surface area contributed by atoms with Crippen LogP contribution in [-0.2, 0) is 16.8 Å². The molecule has 0 amide bonds. The van der Waals surface area contributed by atoms with Crippen LogP contribution in [0, 0.1) is 6.92 Å². The highest BCUT2D eigenvalue weighted by molar-refractivity contribution is 5.82. The molecule has 0 radical (unpaired) electrons. The van der Waals surface area contributed by atoms with Gasteiger partial charge in [-0.15, -0.1) is 5.10 Å². The second-order valence-corrected chi connectivity index (χ2v) is 10.3. The Labute approximate surface area is 204 Å². The van der Waals surface area contributed by atoms with Crippen LogP contribution in [0.1, 0.15) is 62.4 Å². The molecule has 35 heavy (non-hydrogen) atoms. The van der Waals surface area contributed by atoms with E-state index in [1.54, 1.807) is 6.26 Å². The molecule has 0 saturated carbocycles. The lowest BCUT2D eigenvalue weighted by atomic mass is 10.00. The first-order valence-electron chi connectivity index (χ1n) is 12.1. The van der Waals surface area contributed by atoms with Gasteiger partial charge < -0.3 is 14.1 Å². The van der Waals surface area contributed by atoms with Gasteiger partial charge >= 0.3 is 0 Å². The smallest absolute Gasteiger partial charge is 0.253 e. The lowest BCUT2D eigenvalue weighted by molar-refractivity contribution is 0.0536. The van der Waals surface area contributed by atoms with E-state index in [0.29, 0.717) is 24.5 Å². The molecule has 2 atom stereocenters. The van der Waals surface area contributed by atoms with E-state index in [1.807, 2.05) is 48.0 Å². The summed E-state index contributed by atoms with van der Waals surface area (Å²) in [5.74, 6) is 1.41. The van der Waals surface area contributed by atoms with Crippen molar-refractivity contribution in [2.45, 2.75) is 64.8 Å². The first-order valence-corrected chi connectivity index (χ1v) is 12.1. The van der Waals surface area contributed by atoms with Crippen molar-refractivity contribution in [2.75, 3.05) is 13.2 Å². The Morgan fingerprint density at radius 2 is 2.11 bits per heavy atom. The lowest BCUT2D eigenvalue weighted by Gasteiger charge is -2.33. The molecule has 4 aromatic rings. The molecule has 9 nitrogen and oxygen atoms in total. The number of furan rings is 1. The highest BCUT2D eigenvalue weighted by atomic mass is 16.5. The number of aromatic nitrogens is 5. The van der Waals surface area contributed by atoms with Crippen LogP contribution in [0.2, 0.25) is 0 Å². The number of aromatic amines is 1. The Balaban J connectivity index is 1.70. The summed E-state index contributed by atoms with van der Waals surface area (Å²) in [7, 11) is 0. The van der Waals surface area contributed by atoms with Crippen LogP contribution in [-0.4, -0.2) is 49.3 Å². The van der Waals surface area contributed by atoms with Crippen molar-refractivity contribution in [3.8, 4) is 0 Å². The van der Waals surface area contributed by atoms with Crippen LogP contribution >= 0.6 is 0 Å². The van der Waals surface area contributed by atoms with Crippen molar-refractivity contribution >= 4 is 10.9 Å². The molecular formula is C26H32N6O3. The summed E-state index contributed by atoms with van der Waals surface area (Å²) in [6, 6.07) is 11.3. The minimum atomic E-state index is -0.507. The third-order valence-electron chi connectivity index (χ3n) is 6.55. The maximum absolute atomic E-state index is 13.6. The van der Waals surface area contributed by atoms with Crippen LogP contribution < -0.4 is 5.56 Å². The van der Waals surface area contributed by atoms with Gasteiger partial charge in [0.15, 0.2) is 5.82 Å². The number of benzene rings is 1. The molecule has 9 heteroatoms. The summed E-state index contributed by atoms with van der Waals surface area (Å²) >= 11 is 0. The lowest BCUT2D eigenvalue weighted by Crippen LogP contribution is -2.40. The molecular weight excluding hydrogens is 444 g/mol. The Hall–Kier alpha value is -3.30. The largest absolute Gasteiger partial charge is 0.468 e. The summed E-state index contributed by atoms with van der Waals surface area (Å²) in [4.78, 5) is 18.9. The molecule has 1 N–H and O–H groups in total. The van der Waals surface area contributed by atoms with E-state index < -0.39 is 6.04 Å². The fourth-order valence-corrected chi connectivity index (χ4v) is 4.86. The molecule has 0 bridgehead atoms. The third-order valence-corrected chi connectivity index (χ3v) is 6.55. The maximum atomic E-state index is 13.6. The van der Waals surface area contributed by atoms with E-state index in [0.717, 1.165) is 41.7 Å². The van der Waals surface area contributed by atoms with Crippen molar-refractivity contribution in [3.63, 3.8) is 0 Å². The molecule has 0 aliphatic carbocycles. The van der Waals surface area contributed by atoms with Gasteiger partial charge in [0, 0.05) is 18.7 Å². The number of tetrazole rings is 1. The number of nitrogens with zero attached hydrogens (tertiary/aromatic N) is 5. The number of rotatable bonds is 7. The van der Waals surface area contributed by atoms with Gasteiger partial charge in [0.05, 0.1) is 30.0 Å². The minimum Gasteiger partial charge on any atom is -0.468 e. The highest BCUT2D eigenvalue weighted by Crippen LogP contribution is 2.32. The van der Waals surface area contributed by atoms with Crippen molar-refractivity contribution in [1.29, 1.82) is 0 Å². The van der Waals surface area contributed by atoms with E-state index in [4.69, 9.17) is 9.15 Å². The van der Waals surface area contributed by atoms with Crippen molar-refractivity contribution in [1.82, 2.24) is 30.1 Å². The van der Waals surface area contributed by atoms with Gasteiger partial charge in [-0.1, -0.05) is 18.2 Å². The monoisotopic (exact) mass is 476 g/mol. The van der Waals surface area contributed by atoms with Crippen LogP contribution in [0.15, 0.2) is 51.9 Å². The second-order valence-electron chi connectivity index (χ2n) is 10.3. The Morgan fingerprint density at radius 1 is 1.26 bits per heavy atom. The molecule has 1 aromatic carbocycles. The predicted octanol–water partition coefficient (Wildman–Crippen LogP) is 3.94. The van der Waals surface area contributed by atoms with Gasteiger partial charge in [-0.25, -0.2) is 4.68 Å². The summed E-state index contributed by atoms with van der Waals surface area (Å²) in [6.45, 7) is 10.0. The first-order chi connectivity index (χ1) is 16.8. The second kappa shape index (κ2) is 9.39. The molecule has 5 rings (SSSR count). The highest BCUT2D eigenvalue weighted by Gasteiger charge is 2.35. The quantitative estimate of drug-likeness (QED) is 0.431. The van der Waals surface area contributed by atoms with E-state index >= 15 is 0 Å². The van der Waals surface area contributed by atoms with E-state index in [1.165, 1.54) is 0 Å². The van der Waals surface area contributed by atoms with Crippen LogP contribution in [0.4, 0.5) is 0 Å². The Bertz CT molecular complexity index is 1350. The molecule has 184 valence electrons. The summed E-state index contributed by atoms with van der Waals surface area (Å²) < 4.78 is 13.5. The van der Waals surface area contributed by atoms with Gasteiger partial charge in [-0.05, 0) is 80.1 Å². The van der Waals surface area contributed by atoms with Crippen molar-refractivity contribution < 1.29 is 9.15 Å². The third kappa shape index (κ3) is 4.78. The molecule has 1 saturated heterocycles. The maximum Gasteiger partial charge on any atom is 0.253 e. The van der Waals surface area contributed by atoms with Crippen molar-refractivity contribution in [2.24, 2.45) is 0 Å². The number of ether oxygens (including phenoxy) is 1. The van der Waals surface area contributed by atoms with Gasteiger partial charge in [-0.3, -0.25) is 9.69 Å². The summed E-state index contributed by atoms with van der Waals surface area (Å²) in [5, 5.41) is 13.8. The molecule has 0 unspecified atom stereocenters. The standard InChI is InChI=1S/C26H32N6O3/c1-17-8-5-9-18-14-21(25(33)27-22(17)18)23(24-28-29-30-32(24)26(2,3)4)31(15-19-10-6-12-34-19)16-20-11-7-13-35-20/h5-6,8-10,12,14,20,23H,7,11,13,15-16H2,1-4H3,(H,27,33)/t20-,23+/m1/s1. The fraction of sp³-hybridized carbons (Fsp3) is 0.462. The first kappa shape index (κ1) is 23.4. The van der Waals surface area contributed by atoms with Gasteiger partial charge in [-0.2, -0.15) is 0 Å². The normalized spacial score (nSPS) is 17.5. The average molecular weight is 477 g/mol. The SMILES string of the molecule is Cc1cccc2cc([C@@H](c3nnnn3C(C)(C)C)N(Cc3ccco3)C[C@H]3CCCO3)c(=O)[nH]c12. The molecule has 4 heterocycles. The zero-order valence-electron chi connectivity index (χ0n) is 20.7. The zero-order valence-corrected chi connectivity index (χ0v) is 20.7. The van der Waals surface area contributed by atoms with Crippen molar-refractivity contribution in [3.05, 3.63) is 75.7 Å². The van der Waals surface area contributed by atoms with Crippen LogP contribution in [0.25, 0.3) is 10.9 Å². The fourth-order valence-electron chi connectivity index (χ4n) is 4.86. The number of H-pyrrole nitrogens is 1. The number of fused-ring (bicyclic) bond motifs is 1. The predicted molar refractivity (Wildman–Crippen MR) is 132 cm³/mol. The molecule has 0 spiro atoms. The van der Waals surface area contributed by atoms with E-state index in [2.05, 4.69) is 46.2 Å². The van der Waals surface area contributed by atoms with Crippen LogP contribution in [0.5, 0.6) is 0 Å². The molecule has 1 aliphatic heterocycles. The van der Waals surface area contributed by atoms with Gasteiger partial charge in [0.1, 0.15) is 11.8 Å². The van der Waals surface area contributed by atoms with Gasteiger partial charge in [0.2, 0.25) is 0 Å². The Kier molecular flexibility index (Phi) is 6.29. The minimum absolute atomic E-state index is 0.0632. The van der Waals surface area contributed by atoms with Gasteiger partial charge in [0.25, 0.3) is 5.56 Å². The molecule has 1 fully saturated rings. The zero-order chi connectivity index (χ0) is 24.6. The van der Waals surface area contributed by atoms with Crippen LogP contribution in [0.3, 0.4) is 0 Å². The van der Waals surface area contributed by atoms with E-state index in [9.17, 15) is 4.79 Å². The number of para-hydroxylation sites is 1. The van der Waals surface area contributed by atoms with E-state index in [-0.39, 0.29) is 17.2 Å².